The molecule has 26 heavy (non-hydrogen) atoms. The predicted molar refractivity (Wildman–Crippen MR) is 105 cm³/mol. The van der Waals surface area contributed by atoms with E-state index >= 15 is 0 Å². The average molecular weight is 395 g/mol. The van der Waals surface area contributed by atoms with Crippen molar-refractivity contribution < 1.29 is 9.59 Å². The molecule has 0 aliphatic rings. The molecule has 0 aliphatic carbocycles. The number of hydrogen-bond donors (Lipinski definition) is 2. The highest BCUT2D eigenvalue weighted by molar-refractivity contribution is 7.18. The van der Waals surface area contributed by atoms with Crippen LogP contribution in [0.4, 0.5) is 5.13 Å². The number of nitrogens with one attached hydrogen (secondary N) is 2. The summed E-state index contributed by atoms with van der Waals surface area (Å²) in [6.45, 7) is 5.85. The van der Waals surface area contributed by atoms with Gasteiger partial charge in [0.25, 0.3) is 0 Å². The van der Waals surface area contributed by atoms with Crippen LogP contribution in [0.3, 0.4) is 0 Å². The molecule has 0 unspecified atom stereocenters. The zero-order chi connectivity index (χ0) is 19.1. The fourth-order valence-corrected chi connectivity index (χ4v) is 3.30. The number of hydrogen-bond acceptors (Lipinski definition) is 5. The van der Waals surface area contributed by atoms with Crippen LogP contribution in [0.1, 0.15) is 40.0 Å². The third-order valence-corrected chi connectivity index (χ3v) is 5.14. The lowest BCUT2D eigenvalue weighted by Crippen LogP contribution is -2.47. The normalized spacial score (nSPS) is 13.1. The van der Waals surface area contributed by atoms with Gasteiger partial charge in [-0.2, -0.15) is 0 Å². The molecule has 2 N–H and O–H groups in total. The van der Waals surface area contributed by atoms with E-state index in [0.717, 1.165) is 18.4 Å². The van der Waals surface area contributed by atoms with Crippen molar-refractivity contribution in [2.75, 3.05) is 5.32 Å². The summed E-state index contributed by atoms with van der Waals surface area (Å²) in [5, 5.41) is 15.4. The van der Waals surface area contributed by atoms with Gasteiger partial charge >= 0.3 is 0 Å². The number of benzene rings is 1. The minimum Gasteiger partial charge on any atom is -0.344 e. The second-order valence-corrected chi connectivity index (χ2v) is 7.51. The SMILES string of the molecule is CCCC(=O)N[C@@H](C(=O)Nc1nnc(-c2cccc(Cl)c2)s1)[C@H](C)CC. The van der Waals surface area contributed by atoms with Gasteiger partial charge in [0.05, 0.1) is 0 Å². The standard InChI is InChI=1S/C18H23ClN4O2S/c1-4-7-14(24)20-15(11(3)5-2)16(25)21-18-23-22-17(26-18)12-8-6-9-13(19)10-12/h6,8-11,15H,4-5,7H2,1-3H3,(H,20,24)(H,21,23,25)/t11-,15-/m1/s1. The molecule has 2 rings (SSSR count). The quantitative estimate of drug-likeness (QED) is 0.705. The Hall–Kier alpha value is -1.99. The first kappa shape index (κ1) is 20.3. The first-order valence-electron chi connectivity index (χ1n) is 8.64. The molecular formula is C18H23ClN4O2S. The zero-order valence-corrected chi connectivity index (χ0v) is 16.7. The molecule has 6 nitrogen and oxygen atoms in total. The minimum atomic E-state index is -0.599. The molecule has 8 heteroatoms. The zero-order valence-electron chi connectivity index (χ0n) is 15.1. The smallest absolute Gasteiger partial charge is 0.249 e. The molecule has 0 spiro atoms. The summed E-state index contributed by atoms with van der Waals surface area (Å²) in [6.07, 6.45) is 1.91. The predicted octanol–water partition coefficient (Wildman–Crippen LogP) is 4.13. The maximum Gasteiger partial charge on any atom is 0.249 e. The number of halogens is 1. The Balaban J connectivity index is 2.10. The van der Waals surface area contributed by atoms with E-state index in [9.17, 15) is 9.59 Å². The van der Waals surface area contributed by atoms with Crippen LogP contribution in [-0.2, 0) is 9.59 Å². The Kier molecular flexibility index (Phi) is 7.53. The van der Waals surface area contributed by atoms with Crippen LogP contribution in [0.2, 0.25) is 5.02 Å². The second-order valence-electron chi connectivity index (χ2n) is 6.09. The van der Waals surface area contributed by atoms with Crippen LogP contribution in [0, 0.1) is 5.92 Å². The Morgan fingerprint density at radius 3 is 2.69 bits per heavy atom. The Bertz CT molecular complexity index is 765. The van der Waals surface area contributed by atoms with Crippen molar-refractivity contribution in [1.29, 1.82) is 0 Å². The fourth-order valence-electron chi connectivity index (χ4n) is 2.37. The molecule has 0 saturated carbocycles. The van der Waals surface area contributed by atoms with Gasteiger partial charge in [-0.3, -0.25) is 14.9 Å². The summed E-state index contributed by atoms with van der Waals surface area (Å²) in [5.41, 5.74) is 0.838. The van der Waals surface area contributed by atoms with Gasteiger partial charge in [-0.25, -0.2) is 0 Å². The number of rotatable bonds is 8. The van der Waals surface area contributed by atoms with Gasteiger partial charge < -0.3 is 5.32 Å². The van der Waals surface area contributed by atoms with E-state index in [1.54, 1.807) is 12.1 Å². The molecule has 2 aromatic rings. The molecule has 0 saturated heterocycles. The van der Waals surface area contributed by atoms with E-state index in [2.05, 4.69) is 20.8 Å². The maximum atomic E-state index is 12.6. The number of carbonyl (C=O) groups excluding carboxylic acids is 2. The third kappa shape index (κ3) is 5.51. The highest BCUT2D eigenvalue weighted by Gasteiger charge is 2.26. The first-order chi connectivity index (χ1) is 12.4. The van der Waals surface area contributed by atoms with Crippen molar-refractivity contribution in [3.05, 3.63) is 29.3 Å². The number of nitrogens with zero attached hydrogens (tertiary/aromatic N) is 2. The van der Waals surface area contributed by atoms with Crippen LogP contribution in [0.15, 0.2) is 24.3 Å². The molecule has 0 bridgehead atoms. The third-order valence-electron chi connectivity index (χ3n) is 4.02. The maximum absolute atomic E-state index is 12.6. The molecule has 2 amide bonds. The van der Waals surface area contributed by atoms with Gasteiger partial charge in [0, 0.05) is 17.0 Å². The van der Waals surface area contributed by atoms with Crippen LogP contribution in [0.25, 0.3) is 10.6 Å². The Labute approximate surface area is 162 Å². The minimum absolute atomic E-state index is 0.0103. The van der Waals surface area contributed by atoms with Gasteiger partial charge in [0.2, 0.25) is 16.9 Å². The average Bonchev–Trinajstić information content (AvgIpc) is 3.07. The van der Waals surface area contributed by atoms with Gasteiger partial charge in [0.1, 0.15) is 11.0 Å². The summed E-state index contributed by atoms with van der Waals surface area (Å²) >= 11 is 7.26. The Morgan fingerprint density at radius 2 is 2.04 bits per heavy atom. The lowest BCUT2D eigenvalue weighted by Gasteiger charge is -2.22. The first-order valence-corrected chi connectivity index (χ1v) is 9.83. The van der Waals surface area contributed by atoms with Crippen molar-refractivity contribution >= 4 is 39.9 Å². The molecule has 1 heterocycles. The molecular weight excluding hydrogens is 372 g/mol. The van der Waals surface area contributed by atoms with Crippen molar-refractivity contribution in [3.8, 4) is 10.6 Å². The number of amides is 2. The summed E-state index contributed by atoms with van der Waals surface area (Å²) in [7, 11) is 0. The monoisotopic (exact) mass is 394 g/mol. The molecule has 1 aromatic carbocycles. The molecule has 0 fully saturated rings. The van der Waals surface area contributed by atoms with Crippen molar-refractivity contribution in [3.63, 3.8) is 0 Å². The van der Waals surface area contributed by atoms with Gasteiger partial charge in [-0.05, 0) is 24.5 Å². The van der Waals surface area contributed by atoms with Crippen molar-refractivity contribution in [2.45, 2.75) is 46.1 Å². The van der Waals surface area contributed by atoms with E-state index in [-0.39, 0.29) is 17.7 Å². The molecule has 140 valence electrons. The highest BCUT2D eigenvalue weighted by Crippen LogP contribution is 2.28. The molecule has 0 radical (unpaired) electrons. The van der Waals surface area contributed by atoms with Crippen LogP contribution >= 0.6 is 22.9 Å². The summed E-state index contributed by atoms with van der Waals surface area (Å²) in [6, 6.07) is 6.69. The van der Waals surface area contributed by atoms with Gasteiger partial charge in [0.15, 0.2) is 0 Å². The van der Waals surface area contributed by atoms with Gasteiger partial charge in [-0.1, -0.05) is 62.3 Å². The lowest BCUT2D eigenvalue weighted by molar-refractivity contribution is -0.127. The van der Waals surface area contributed by atoms with E-state index in [4.69, 9.17) is 11.6 Å². The van der Waals surface area contributed by atoms with Crippen molar-refractivity contribution in [2.24, 2.45) is 5.92 Å². The highest BCUT2D eigenvalue weighted by atomic mass is 35.5. The Morgan fingerprint density at radius 1 is 1.27 bits per heavy atom. The van der Waals surface area contributed by atoms with E-state index in [1.807, 2.05) is 32.9 Å². The van der Waals surface area contributed by atoms with Crippen LogP contribution < -0.4 is 10.6 Å². The van der Waals surface area contributed by atoms with Crippen molar-refractivity contribution in [1.82, 2.24) is 15.5 Å². The van der Waals surface area contributed by atoms with Crippen LogP contribution in [-0.4, -0.2) is 28.1 Å². The number of anilines is 1. The van der Waals surface area contributed by atoms with E-state index in [0.29, 0.717) is 21.6 Å². The molecule has 1 aromatic heterocycles. The largest absolute Gasteiger partial charge is 0.344 e. The molecule has 2 atom stereocenters. The summed E-state index contributed by atoms with van der Waals surface area (Å²) in [4.78, 5) is 24.6. The van der Waals surface area contributed by atoms with E-state index in [1.165, 1.54) is 11.3 Å². The topological polar surface area (TPSA) is 84.0 Å². The second kappa shape index (κ2) is 9.64. The number of aromatic nitrogens is 2. The molecule has 0 aliphatic heterocycles. The lowest BCUT2D eigenvalue weighted by atomic mass is 9.98. The number of carbonyl (C=O) groups is 2. The summed E-state index contributed by atoms with van der Waals surface area (Å²) in [5.74, 6) is -0.390. The van der Waals surface area contributed by atoms with Crippen LogP contribution in [0.5, 0.6) is 0 Å². The summed E-state index contributed by atoms with van der Waals surface area (Å²) < 4.78 is 0. The fraction of sp³-hybridized carbons (Fsp3) is 0.444. The van der Waals surface area contributed by atoms with E-state index < -0.39 is 6.04 Å². The van der Waals surface area contributed by atoms with Gasteiger partial charge in [-0.15, -0.1) is 10.2 Å².